The van der Waals surface area contributed by atoms with E-state index in [0.717, 1.165) is 41.9 Å². The van der Waals surface area contributed by atoms with Crippen molar-refractivity contribution in [2.75, 3.05) is 0 Å². The standard InChI is InChI=1S/C22H27N3O3/c1-3-4-5-7-12-17-13-18(20(27)14-19(17)26)22-21(16-10-8-6-9-11-16)24-23-15(2)25(22)28/h6,8-11,13-14,22,26-28H,3-5,7,12H2,1-2H3/t22-/m0/s1. The van der Waals surface area contributed by atoms with E-state index >= 15 is 0 Å². The van der Waals surface area contributed by atoms with Gasteiger partial charge in [0, 0.05) is 17.2 Å². The summed E-state index contributed by atoms with van der Waals surface area (Å²) in [5.74, 6) is 0.320. The molecular weight excluding hydrogens is 354 g/mol. The monoisotopic (exact) mass is 381 g/mol. The molecule has 0 aliphatic carbocycles. The maximum Gasteiger partial charge on any atom is 0.149 e. The smallest absolute Gasteiger partial charge is 0.149 e. The summed E-state index contributed by atoms with van der Waals surface area (Å²) in [4.78, 5) is 0. The van der Waals surface area contributed by atoms with E-state index < -0.39 is 6.04 Å². The highest BCUT2D eigenvalue weighted by molar-refractivity contribution is 6.08. The minimum Gasteiger partial charge on any atom is -0.508 e. The molecule has 148 valence electrons. The van der Waals surface area contributed by atoms with E-state index in [1.165, 1.54) is 6.07 Å². The lowest BCUT2D eigenvalue weighted by atomic mass is 9.92. The number of hydrogen-bond donors (Lipinski definition) is 3. The first-order chi connectivity index (χ1) is 13.5. The highest BCUT2D eigenvalue weighted by Gasteiger charge is 2.33. The Morgan fingerprint density at radius 1 is 0.964 bits per heavy atom. The van der Waals surface area contributed by atoms with Crippen LogP contribution in [0.2, 0.25) is 0 Å². The van der Waals surface area contributed by atoms with Gasteiger partial charge in [-0.1, -0.05) is 56.5 Å². The van der Waals surface area contributed by atoms with Gasteiger partial charge in [-0.3, -0.25) is 5.21 Å². The zero-order valence-electron chi connectivity index (χ0n) is 16.3. The molecule has 0 unspecified atom stereocenters. The zero-order chi connectivity index (χ0) is 20.1. The third-order valence-electron chi connectivity index (χ3n) is 5.03. The maximum atomic E-state index is 10.7. The zero-order valence-corrected chi connectivity index (χ0v) is 16.3. The van der Waals surface area contributed by atoms with Gasteiger partial charge in [-0.2, -0.15) is 5.10 Å². The topological polar surface area (TPSA) is 88.7 Å². The molecule has 2 aromatic carbocycles. The number of hydroxylamine groups is 2. The van der Waals surface area contributed by atoms with Crippen molar-refractivity contribution < 1.29 is 15.4 Å². The Balaban J connectivity index is 1.99. The van der Waals surface area contributed by atoms with Gasteiger partial charge in [-0.05, 0) is 31.4 Å². The summed E-state index contributed by atoms with van der Waals surface area (Å²) in [6.07, 6.45) is 5.05. The molecule has 1 aliphatic rings. The van der Waals surface area contributed by atoms with Crippen LogP contribution in [-0.2, 0) is 6.42 Å². The molecule has 0 aromatic heterocycles. The molecule has 0 amide bonds. The number of nitrogens with zero attached hydrogens (tertiary/aromatic N) is 3. The predicted octanol–water partition coefficient (Wildman–Crippen LogP) is 4.79. The van der Waals surface area contributed by atoms with Crippen molar-refractivity contribution in [2.45, 2.75) is 52.0 Å². The number of benzene rings is 2. The fraction of sp³-hybridized carbons (Fsp3) is 0.364. The van der Waals surface area contributed by atoms with Crippen molar-refractivity contribution in [3.8, 4) is 11.5 Å². The summed E-state index contributed by atoms with van der Waals surface area (Å²) in [6.45, 7) is 3.81. The highest BCUT2D eigenvalue weighted by Crippen LogP contribution is 2.37. The summed E-state index contributed by atoms with van der Waals surface area (Å²) in [6, 6.07) is 11.9. The summed E-state index contributed by atoms with van der Waals surface area (Å²) in [7, 11) is 0. The maximum absolute atomic E-state index is 10.7. The highest BCUT2D eigenvalue weighted by atomic mass is 16.5. The van der Waals surface area contributed by atoms with Crippen LogP contribution in [0.1, 0.15) is 62.3 Å². The van der Waals surface area contributed by atoms with Gasteiger partial charge in [0.15, 0.2) is 0 Å². The molecule has 6 nitrogen and oxygen atoms in total. The third kappa shape index (κ3) is 4.17. The largest absolute Gasteiger partial charge is 0.508 e. The molecule has 1 aliphatic heterocycles. The van der Waals surface area contributed by atoms with Gasteiger partial charge in [-0.15, -0.1) is 5.10 Å². The molecule has 0 saturated heterocycles. The molecule has 0 bridgehead atoms. The van der Waals surface area contributed by atoms with Crippen LogP contribution in [-0.4, -0.2) is 32.0 Å². The Morgan fingerprint density at radius 3 is 2.43 bits per heavy atom. The van der Waals surface area contributed by atoms with E-state index in [-0.39, 0.29) is 11.5 Å². The first kappa shape index (κ1) is 19.9. The van der Waals surface area contributed by atoms with E-state index in [4.69, 9.17) is 0 Å². The number of hydrogen-bond acceptors (Lipinski definition) is 6. The summed E-state index contributed by atoms with van der Waals surface area (Å²) in [5.41, 5.74) is 2.58. The van der Waals surface area contributed by atoms with Crippen LogP contribution in [0.3, 0.4) is 0 Å². The van der Waals surface area contributed by atoms with Crippen molar-refractivity contribution in [3.05, 3.63) is 59.2 Å². The SMILES string of the molecule is CCCCCCc1cc([C@H]2C(c3ccccc3)=NN=C(C)N2O)c(O)cc1O. The predicted molar refractivity (Wildman–Crippen MR) is 110 cm³/mol. The molecule has 3 rings (SSSR count). The van der Waals surface area contributed by atoms with Crippen LogP contribution in [0, 0.1) is 0 Å². The van der Waals surface area contributed by atoms with E-state index in [1.807, 2.05) is 30.3 Å². The van der Waals surface area contributed by atoms with E-state index in [0.29, 0.717) is 23.5 Å². The molecule has 6 heteroatoms. The molecule has 0 spiro atoms. The second-order valence-corrected chi connectivity index (χ2v) is 7.10. The average molecular weight is 381 g/mol. The van der Waals surface area contributed by atoms with Gasteiger partial charge in [0.2, 0.25) is 0 Å². The molecule has 0 radical (unpaired) electrons. The molecular formula is C22H27N3O3. The first-order valence-electron chi connectivity index (χ1n) is 9.73. The van der Waals surface area contributed by atoms with Crippen LogP contribution in [0.4, 0.5) is 0 Å². The number of phenolic OH excluding ortho intramolecular Hbond substituents is 2. The van der Waals surface area contributed by atoms with Crippen LogP contribution in [0.15, 0.2) is 52.7 Å². The van der Waals surface area contributed by atoms with E-state index in [2.05, 4.69) is 17.1 Å². The number of amidine groups is 1. The minimum atomic E-state index is -0.713. The number of aromatic hydroxyl groups is 2. The Kier molecular flexibility index (Phi) is 6.31. The lowest BCUT2D eigenvalue weighted by Crippen LogP contribution is -2.38. The van der Waals surface area contributed by atoms with Gasteiger partial charge in [0.05, 0.1) is 0 Å². The van der Waals surface area contributed by atoms with Crippen molar-refractivity contribution in [1.29, 1.82) is 0 Å². The Morgan fingerprint density at radius 2 is 1.71 bits per heavy atom. The fourth-order valence-electron chi connectivity index (χ4n) is 3.44. The summed E-state index contributed by atoms with van der Waals surface area (Å²) in [5, 5.41) is 40.9. The van der Waals surface area contributed by atoms with Gasteiger partial charge >= 0.3 is 0 Å². The van der Waals surface area contributed by atoms with Gasteiger partial charge in [-0.25, -0.2) is 5.06 Å². The van der Waals surface area contributed by atoms with E-state index in [9.17, 15) is 15.4 Å². The second kappa shape index (κ2) is 8.89. The van der Waals surface area contributed by atoms with Crippen molar-refractivity contribution in [1.82, 2.24) is 5.06 Å². The molecule has 1 atom stereocenters. The van der Waals surface area contributed by atoms with Crippen molar-refractivity contribution in [2.24, 2.45) is 10.2 Å². The molecule has 1 heterocycles. The van der Waals surface area contributed by atoms with E-state index in [1.54, 1.807) is 13.0 Å². The number of rotatable bonds is 7. The second-order valence-electron chi connectivity index (χ2n) is 7.10. The van der Waals surface area contributed by atoms with Gasteiger partial charge < -0.3 is 10.2 Å². The Hall–Kier alpha value is -2.86. The fourth-order valence-corrected chi connectivity index (χ4v) is 3.44. The van der Waals surface area contributed by atoms with Crippen LogP contribution in [0.5, 0.6) is 11.5 Å². The normalized spacial score (nSPS) is 16.7. The average Bonchev–Trinajstić information content (AvgIpc) is 2.70. The van der Waals surface area contributed by atoms with Crippen LogP contribution >= 0.6 is 0 Å². The van der Waals surface area contributed by atoms with Crippen LogP contribution in [0.25, 0.3) is 0 Å². The number of unbranched alkanes of at least 4 members (excludes halogenated alkanes) is 3. The Bertz CT molecular complexity index is 878. The molecule has 2 aromatic rings. The van der Waals surface area contributed by atoms with Crippen molar-refractivity contribution >= 4 is 11.5 Å². The molecule has 3 N–H and O–H groups in total. The van der Waals surface area contributed by atoms with Crippen LogP contribution < -0.4 is 0 Å². The van der Waals surface area contributed by atoms with Gasteiger partial charge in [0.1, 0.15) is 29.1 Å². The Labute approximate surface area is 165 Å². The summed E-state index contributed by atoms with van der Waals surface area (Å²) < 4.78 is 0. The quantitative estimate of drug-likeness (QED) is 0.602. The minimum absolute atomic E-state index is 0.0710. The third-order valence-corrected chi connectivity index (χ3v) is 5.03. The number of aryl methyl sites for hydroxylation is 1. The van der Waals surface area contributed by atoms with Crippen molar-refractivity contribution in [3.63, 3.8) is 0 Å². The molecule has 0 fully saturated rings. The number of phenols is 2. The lowest BCUT2D eigenvalue weighted by Gasteiger charge is -2.31. The molecule has 0 saturated carbocycles. The molecule has 28 heavy (non-hydrogen) atoms. The van der Waals surface area contributed by atoms with Gasteiger partial charge in [0.25, 0.3) is 0 Å². The lowest BCUT2D eigenvalue weighted by molar-refractivity contribution is -0.0366. The first-order valence-corrected chi connectivity index (χ1v) is 9.73. The summed E-state index contributed by atoms with van der Waals surface area (Å²) >= 11 is 0.